The molecule has 1 rings (SSSR count). The molecule has 0 radical (unpaired) electrons. The first-order chi connectivity index (χ1) is 7.11. The fourth-order valence-electron chi connectivity index (χ4n) is 0.656. The highest BCUT2D eigenvalue weighted by Crippen LogP contribution is 1.89. The third kappa shape index (κ3) is 3.80. The molecule has 1 heterocycles. The molecule has 8 nitrogen and oxygen atoms in total. The van der Waals surface area contributed by atoms with Crippen LogP contribution in [0.4, 0.5) is 0 Å². The van der Waals surface area contributed by atoms with Gasteiger partial charge in [-0.3, -0.25) is 9.78 Å². The number of aromatic nitrogens is 2. The monoisotopic (exact) mass is 226 g/mol. The van der Waals surface area contributed by atoms with E-state index in [2.05, 4.69) is 15.1 Å². The lowest BCUT2D eigenvalue weighted by Gasteiger charge is -1.98. The second-order valence-electron chi connectivity index (χ2n) is 2.53. The Morgan fingerprint density at radius 3 is 2.62 bits per heavy atom. The molecule has 0 aliphatic rings. The number of aliphatic carboxylic acids is 1. The van der Waals surface area contributed by atoms with E-state index in [1.165, 1.54) is 25.5 Å². The molecule has 0 saturated heterocycles. The molecule has 16 heavy (non-hydrogen) atoms. The largest absolute Gasteiger partial charge is 0.477 e. The average Bonchev–Trinajstić information content (AvgIpc) is 2.26. The fourth-order valence-corrected chi connectivity index (χ4v) is 0.656. The van der Waals surface area contributed by atoms with Crippen LogP contribution in [-0.4, -0.2) is 38.1 Å². The smallest absolute Gasteiger partial charge is 0.351 e. The SMILES string of the molecule is C/C(=N\NC(=O)c1cnccn1)C(=O)O.O. The first-order valence-corrected chi connectivity index (χ1v) is 3.95. The zero-order valence-electron chi connectivity index (χ0n) is 8.34. The van der Waals surface area contributed by atoms with E-state index in [9.17, 15) is 9.59 Å². The summed E-state index contributed by atoms with van der Waals surface area (Å²) in [6.07, 6.45) is 4.02. The normalized spacial score (nSPS) is 10.2. The summed E-state index contributed by atoms with van der Waals surface area (Å²) in [6.45, 7) is 1.26. The van der Waals surface area contributed by atoms with E-state index < -0.39 is 11.9 Å². The number of carbonyl (C=O) groups is 2. The van der Waals surface area contributed by atoms with E-state index in [4.69, 9.17) is 5.11 Å². The van der Waals surface area contributed by atoms with Gasteiger partial charge in [0, 0.05) is 12.4 Å². The second kappa shape index (κ2) is 6.19. The van der Waals surface area contributed by atoms with E-state index in [-0.39, 0.29) is 16.9 Å². The van der Waals surface area contributed by atoms with Crippen LogP contribution < -0.4 is 5.43 Å². The summed E-state index contributed by atoms with van der Waals surface area (Å²) in [5.41, 5.74) is 1.90. The maximum atomic E-state index is 11.3. The molecule has 1 aromatic rings. The van der Waals surface area contributed by atoms with Crippen LogP contribution in [0.3, 0.4) is 0 Å². The third-order valence-corrected chi connectivity index (χ3v) is 1.43. The lowest BCUT2D eigenvalue weighted by Crippen LogP contribution is -2.22. The Kier molecular flexibility index (Phi) is 5.28. The molecule has 0 fully saturated rings. The average molecular weight is 226 g/mol. The highest BCUT2D eigenvalue weighted by atomic mass is 16.4. The predicted molar refractivity (Wildman–Crippen MR) is 53.9 cm³/mol. The van der Waals surface area contributed by atoms with Crippen molar-refractivity contribution in [2.75, 3.05) is 0 Å². The van der Waals surface area contributed by atoms with Crippen molar-refractivity contribution < 1.29 is 20.2 Å². The molecule has 0 aliphatic heterocycles. The Hall–Kier alpha value is -2.35. The summed E-state index contributed by atoms with van der Waals surface area (Å²) in [4.78, 5) is 29.0. The fraction of sp³-hybridized carbons (Fsp3) is 0.125. The van der Waals surface area contributed by atoms with Crippen molar-refractivity contribution >= 4 is 17.6 Å². The Balaban J connectivity index is 0.00000225. The zero-order chi connectivity index (χ0) is 11.3. The minimum Gasteiger partial charge on any atom is -0.477 e. The minimum absolute atomic E-state index is 0. The van der Waals surface area contributed by atoms with Gasteiger partial charge in [0.1, 0.15) is 11.4 Å². The minimum atomic E-state index is -1.20. The number of carbonyl (C=O) groups excluding carboxylic acids is 1. The van der Waals surface area contributed by atoms with Crippen molar-refractivity contribution in [3.05, 3.63) is 24.3 Å². The van der Waals surface area contributed by atoms with Crippen molar-refractivity contribution in [1.29, 1.82) is 0 Å². The lowest BCUT2D eigenvalue weighted by atomic mass is 10.4. The second-order valence-corrected chi connectivity index (χ2v) is 2.53. The standard InChI is InChI=1S/C8H8N4O3.H2O/c1-5(8(14)15)11-12-7(13)6-4-9-2-3-10-6;/h2-4H,1H3,(H,12,13)(H,14,15);1H2/b11-5+;. The molecule has 0 bridgehead atoms. The third-order valence-electron chi connectivity index (χ3n) is 1.43. The summed E-state index contributed by atoms with van der Waals surface area (Å²) >= 11 is 0. The molecule has 4 N–H and O–H groups in total. The Morgan fingerprint density at radius 2 is 2.12 bits per heavy atom. The van der Waals surface area contributed by atoms with E-state index in [0.29, 0.717) is 0 Å². The molecule has 0 saturated carbocycles. The van der Waals surface area contributed by atoms with Gasteiger partial charge in [0.2, 0.25) is 0 Å². The number of nitrogens with one attached hydrogen (secondary N) is 1. The number of carboxylic acid groups (broad SMARTS) is 1. The number of carboxylic acids is 1. The number of nitrogens with zero attached hydrogens (tertiary/aromatic N) is 3. The number of hydrogen-bond donors (Lipinski definition) is 2. The molecule has 1 aromatic heterocycles. The predicted octanol–water partition coefficient (Wildman–Crippen LogP) is -1.16. The molecule has 0 aliphatic carbocycles. The molecular weight excluding hydrogens is 216 g/mol. The number of hydrazone groups is 1. The van der Waals surface area contributed by atoms with Gasteiger partial charge < -0.3 is 10.6 Å². The molecule has 8 heteroatoms. The topological polar surface area (TPSA) is 136 Å². The highest BCUT2D eigenvalue weighted by Gasteiger charge is 2.07. The Morgan fingerprint density at radius 1 is 1.44 bits per heavy atom. The van der Waals surface area contributed by atoms with E-state index >= 15 is 0 Å². The van der Waals surface area contributed by atoms with E-state index in [0.717, 1.165) is 0 Å². The van der Waals surface area contributed by atoms with Crippen molar-refractivity contribution in [3.8, 4) is 0 Å². The van der Waals surface area contributed by atoms with Gasteiger partial charge >= 0.3 is 5.97 Å². The van der Waals surface area contributed by atoms with Gasteiger partial charge in [-0.15, -0.1) is 0 Å². The van der Waals surface area contributed by atoms with Crippen molar-refractivity contribution in [3.63, 3.8) is 0 Å². The quantitative estimate of drug-likeness (QED) is 0.495. The highest BCUT2D eigenvalue weighted by molar-refractivity contribution is 6.34. The van der Waals surface area contributed by atoms with Crippen LogP contribution in [-0.2, 0) is 4.79 Å². The van der Waals surface area contributed by atoms with Crippen LogP contribution in [0.5, 0.6) is 0 Å². The maximum Gasteiger partial charge on any atom is 0.351 e. The molecule has 0 aromatic carbocycles. The van der Waals surface area contributed by atoms with Crippen LogP contribution in [0.1, 0.15) is 17.4 Å². The summed E-state index contributed by atoms with van der Waals surface area (Å²) in [7, 11) is 0. The molecule has 0 unspecified atom stereocenters. The molecule has 1 amide bonds. The van der Waals surface area contributed by atoms with Gasteiger partial charge in [-0.25, -0.2) is 15.2 Å². The van der Waals surface area contributed by atoms with Crippen LogP contribution in [0, 0.1) is 0 Å². The number of rotatable bonds is 3. The van der Waals surface area contributed by atoms with Gasteiger partial charge in [-0.05, 0) is 6.92 Å². The van der Waals surface area contributed by atoms with E-state index in [1.54, 1.807) is 0 Å². The van der Waals surface area contributed by atoms with Crippen molar-refractivity contribution in [2.24, 2.45) is 5.10 Å². The summed E-state index contributed by atoms with van der Waals surface area (Å²) in [5, 5.41) is 11.8. The molecular formula is C8H10N4O4. The number of hydrogen-bond acceptors (Lipinski definition) is 5. The van der Waals surface area contributed by atoms with Crippen LogP contribution in [0.2, 0.25) is 0 Å². The van der Waals surface area contributed by atoms with Gasteiger partial charge in [0.15, 0.2) is 0 Å². The molecule has 86 valence electrons. The number of amides is 1. The van der Waals surface area contributed by atoms with E-state index in [1.807, 2.05) is 5.43 Å². The summed E-state index contributed by atoms with van der Waals surface area (Å²) in [6, 6.07) is 0. The van der Waals surface area contributed by atoms with Gasteiger partial charge in [0.05, 0.1) is 6.20 Å². The zero-order valence-corrected chi connectivity index (χ0v) is 8.34. The maximum absolute atomic E-state index is 11.3. The van der Waals surface area contributed by atoms with Gasteiger partial charge in [-0.1, -0.05) is 0 Å². The lowest BCUT2D eigenvalue weighted by molar-refractivity contribution is -0.129. The van der Waals surface area contributed by atoms with Crippen molar-refractivity contribution in [2.45, 2.75) is 6.92 Å². The first kappa shape index (κ1) is 13.7. The Labute approximate surface area is 90.3 Å². The van der Waals surface area contributed by atoms with Crippen molar-refractivity contribution in [1.82, 2.24) is 15.4 Å². The van der Waals surface area contributed by atoms with Crippen LogP contribution >= 0.6 is 0 Å². The van der Waals surface area contributed by atoms with Crippen LogP contribution in [0.25, 0.3) is 0 Å². The molecule has 0 atom stereocenters. The summed E-state index contributed by atoms with van der Waals surface area (Å²) in [5.74, 6) is -1.81. The molecule has 0 spiro atoms. The van der Waals surface area contributed by atoms with Gasteiger partial charge in [0.25, 0.3) is 5.91 Å². The van der Waals surface area contributed by atoms with Gasteiger partial charge in [-0.2, -0.15) is 5.10 Å². The Bertz CT molecular complexity index is 404. The summed E-state index contributed by atoms with van der Waals surface area (Å²) < 4.78 is 0. The van der Waals surface area contributed by atoms with Crippen LogP contribution in [0.15, 0.2) is 23.7 Å². The first-order valence-electron chi connectivity index (χ1n) is 3.95.